The molecule has 19 heavy (non-hydrogen) atoms. The van der Waals surface area contributed by atoms with Crippen molar-refractivity contribution in [3.63, 3.8) is 0 Å². The van der Waals surface area contributed by atoms with Crippen molar-refractivity contribution >= 4 is 40.8 Å². The standard InChI is InChI=1S/C13H10ClNO2S2/c14-10-1-5-12(6-2-10)18-9-19-13-7-3-11(4-8-13)15(16)17/h1-8H,9H2. The van der Waals surface area contributed by atoms with Gasteiger partial charge >= 0.3 is 0 Å². The third-order valence-corrected chi connectivity index (χ3v) is 4.72. The number of nitro groups is 1. The van der Waals surface area contributed by atoms with Crippen LogP contribution in [0, 0.1) is 10.1 Å². The minimum absolute atomic E-state index is 0.120. The quantitative estimate of drug-likeness (QED) is 0.334. The molecule has 0 saturated heterocycles. The topological polar surface area (TPSA) is 43.1 Å². The van der Waals surface area contributed by atoms with E-state index in [0.717, 1.165) is 19.9 Å². The predicted molar refractivity (Wildman–Crippen MR) is 81.1 cm³/mol. The van der Waals surface area contributed by atoms with Gasteiger partial charge in [-0.2, -0.15) is 0 Å². The van der Waals surface area contributed by atoms with Gasteiger partial charge in [-0.15, -0.1) is 23.5 Å². The fourth-order valence-electron chi connectivity index (χ4n) is 1.36. The van der Waals surface area contributed by atoms with Gasteiger partial charge in [0.1, 0.15) is 0 Å². The first-order valence-electron chi connectivity index (χ1n) is 5.41. The highest BCUT2D eigenvalue weighted by Gasteiger charge is 2.04. The fourth-order valence-corrected chi connectivity index (χ4v) is 3.47. The summed E-state index contributed by atoms with van der Waals surface area (Å²) in [5, 5.41) is 12.1. The Labute approximate surface area is 124 Å². The monoisotopic (exact) mass is 311 g/mol. The van der Waals surface area contributed by atoms with Crippen molar-refractivity contribution < 1.29 is 4.92 Å². The van der Waals surface area contributed by atoms with E-state index in [0.29, 0.717) is 0 Å². The maximum absolute atomic E-state index is 10.5. The number of rotatable bonds is 5. The number of benzene rings is 2. The number of thioether (sulfide) groups is 2. The Kier molecular flexibility index (Phi) is 5.13. The van der Waals surface area contributed by atoms with Crippen molar-refractivity contribution in [1.82, 2.24) is 0 Å². The molecule has 2 aromatic rings. The molecule has 2 rings (SSSR count). The Morgan fingerprint density at radius 1 is 0.947 bits per heavy atom. The van der Waals surface area contributed by atoms with Gasteiger partial charge in [0.25, 0.3) is 5.69 Å². The summed E-state index contributed by atoms with van der Waals surface area (Å²) in [6.45, 7) is 0. The van der Waals surface area contributed by atoms with Crippen LogP contribution in [-0.4, -0.2) is 10.0 Å². The predicted octanol–water partition coefficient (Wildman–Crippen LogP) is 5.09. The maximum Gasteiger partial charge on any atom is 0.269 e. The van der Waals surface area contributed by atoms with Crippen LogP contribution in [0.4, 0.5) is 5.69 Å². The molecule has 0 spiro atoms. The highest BCUT2D eigenvalue weighted by Crippen LogP contribution is 2.29. The Balaban J connectivity index is 1.85. The SMILES string of the molecule is O=[N+]([O-])c1ccc(SCSc2ccc(Cl)cc2)cc1. The van der Waals surface area contributed by atoms with Gasteiger partial charge < -0.3 is 0 Å². The molecule has 0 fully saturated rings. The summed E-state index contributed by atoms with van der Waals surface area (Å²) < 4.78 is 0. The number of hydrogen-bond donors (Lipinski definition) is 0. The number of hydrogen-bond acceptors (Lipinski definition) is 4. The van der Waals surface area contributed by atoms with Gasteiger partial charge in [-0.1, -0.05) is 11.6 Å². The van der Waals surface area contributed by atoms with Crippen LogP contribution in [0.1, 0.15) is 0 Å². The van der Waals surface area contributed by atoms with Gasteiger partial charge in [0.05, 0.1) is 4.92 Å². The van der Waals surface area contributed by atoms with Crippen LogP contribution in [0.2, 0.25) is 5.02 Å². The van der Waals surface area contributed by atoms with Crippen LogP contribution >= 0.6 is 35.1 Å². The Hall–Kier alpha value is -1.17. The number of nitrogens with zero attached hydrogens (tertiary/aromatic N) is 1. The van der Waals surface area contributed by atoms with E-state index in [9.17, 15) is 10.1 Å². The lowest BCUT2D eigenvalue weighted by atomic mass is 10.3. The van der Waals surface area contributed by atoms with Crippen LogP contribution in [0.25, 0.3) is 0 Å². The molecule has 0 amide bonds. The van der Waals surface area contributed by atoms with E-state index in [1.165, 1.54) is 12.1 Å². The molecule has 3 nitrogen and oxygen atoms in total. The zero-order valence-corrected chi connectivity index (χ0v) is 12.2. The normalized spacial score (nSPS) is 10.4. The third-order valence-electron chi connectivity index (χ3n) is 2.31. The van der Waals surface area contributed by atoms with Crippen molar-refractivity contribution in [3.05, 3.63) is 63.7 Å². The molecule has 0 aliphatic heterocycles. The van der Waals surface area contributed by atoms with E-state index in [-0.39, 0.29) is 5.69 Å². The molecular formula is C13H10ClNO2S2. The molecule has 0 bridgehead atoms. The number of nitro benzene ring substituents is 1. The lowest BCUT2D eigenvalue weighted by molar-refractivity contribution is -0.384. The Morgan fingerprint density at radius 3 is 1.89 bits per heavy atom. The fraction of sp³-hybridized carbons (Fsp3) is 0.0769. The zero-order chi connectivity index (χ0) is 13.7. The summed E-state index contributed by atoms with van der Waals surface area (Å²) >= 11 is 9.16. The minimum atomic E-state index is -0.392. The highest BCUT2D eigenvalue weighted by atomic mass is 35.5. The average molecular weight is 312 g/mol. The number of non-ortho nitro benzene ring substituents is 1. The molecule has 0 N–H and O–H groups in total. The van der Waals surface area contributed by atoms with E-state index in [1.807, 2.05) is 24.3 Å². The first-order valence-corrected chi connectivity index (χ1v) is 7.76. The van der Waals surface area contributed by atoms with Gasteiger partial charge in [0, 0.05) is 32.0 Å². The molecule has 6 heteroatoms. The minimum Gasteiger partial charge on any atom is -0.258 e. The summed E-state index contributed by atoms with van der Waals surface area (Å²) in [4.78, 5) is 12.3. The summed E-state index contributed by atoms with van der Waals surface area (Å²) in [6, 6.07) is 14.3. The second-order valence-corrected chi connectivity index (χ2v) is 6.51. The van der Waals surface area contributed by atoms with Crippen molar-refractivity contribution in [2.24, 2.45) is 0 Å². The smallest absolute Gasteiger partial charge is 0.258 e. The molecule has 98 valence electrons. The Morgan fingerprint density at radius 2 is 1.42 bits per heavy atom. The molecule has 2 aromatic carbocycles. The van der Waals surface area contributed by atoms with Gasteiger partial charge in [-0.05, 0) is 36.4 Å². The summed E-state index contributed by atoms with van der Waals surface area (Å²) in [7, 11) is 0. The van der Waals surface area contributed by atoms with Crippen molar-refractivity contribution in [1.29, 1.82) is 0 Å². The first kappa shape index (κ1) is 14.2. The van der Waals surface area contributed by atoms with Crippen LogP contribution in [0.3, 0.4) is 0 Å². The van der Waals surface area contributed by atoms with Gasteiger partial charge in [-0.25, -0.2) is 0 Å². The molecule has 0 saturated carbocycles. The zero-order valence-electron chi connectivity index (χ0n) is 9.78. The second-order valence-electron chi connectivity index (χ2n) is 3.61. The van der Waals surface area contributed by atoms with Gasteiger partial charge in [0.15, 0.2) is 0 Å². The molecule has 0 aliphatic rings. The molecule has 0 unspecified atom stereocenters. The second kappa shape index (κ2) is 6.84. The average Bonchev–Trinajstić information content (AvgIpc) is 2.41. The summed E-state index contributed by atoms with van der Waals surface area (Å²) in [6.07, 6.45) is 0. The van der Waals surface area contributed by atoms with E-state index in [4.69, 9.17) is 11.6 Å². The highest BCUT2D eigenvalue weighted by molar-refractivity contribution is 8.16. The lowest BCUT2D eigenvalue weighted by Gasteiger charge is -2.02. The summed E-state index contributed by atoms with van der Waals surface area (Å²) in [5.41, 5.74) is 0.120. The van der Waals surface area contributed by atoms with E-state index in [1.54, 1.807) is 35.7 Å². The summed E-state index contributed by atoms with van der Waals surface area (Å²) in [5.74, 6) is 0. The van der Waals surface area contributed by atoms with E-state index < -0.39 is 4.92 Å². The molecule has 0 radical (unpaired) electrons. The van der Waals surface area contributed by atoms with Crippen LogP contribution in [0.5, 0.6) is 0 Å². The van der Waals surface area contributed by atoms with Crippen LogP contribution < -0.4 is 0 Å². The first-order chi connectivity index (χ1) is 9.15. The van der Waals surface area contributed by atoms with E-state index >= 15 is 0 Å². The largest absolute Gasteiger partial charge is 0.269 e. The van der Waals surface area contributed by atoms with Gasteiger partial charge in [-0.3, -0.25) is 10.1 Å². The molecule has 0 aromatic heterocycles. The van der Waals surface area contributed by atoms with E-state index in [2.05, 4.69) is 0 Å². The van der Waals surface area contributed by atoms with Crippen LogP contribution in [0.15, 0.2) is 58.3 Å². The molecule has 0 atom stereocenters. The van der Waals surface area contributed by atoms with Gasteiger partial charge in [0.2, 0.25) is 0 Å². The van der Waals surface area contributed by atoms with Crippen molar-refractivity contribution in [2.45, 2.75) is 9.79 Å². The molecular weight excluding hydrogens is 302 g/mol. The maximum atomic E-state index is 10.5. The van der Waals surface area contributed by atoms with Crippen molar-refractivity contribution in [3.8, 4) is 0 Å². The number of halogens is 1. The van der Waals surface area contributed by atoms with Crippen molar-refractivity contribution in [2.75, 3.05) is 5.08 Å². The molecule has 0 aliphatic carbocycles. The van der Waals surface area contributed by atoms with Crippen LogP contribution in [-0.2, 0) is 0 Å². The molecule has 0 heterocycles. The third kappa shape index (κ3) is 4.45. The lowest BCUT2D eigenvalue weighted by Crippen LogP contribution is -1.86. The Bertz CT molecular complexity index is 558.